The van der Waals surface area contributed by atoms with Crippen LogP contribution in [0, 0.1) is 26.8 Å². The van der Waals surface area contributed by atoms with Crippen LogP contribution in [0.15, 0.2) is 23.0 Å². The molecule has 0 aliphatic carbocycles. The van der Waals surface area contributed by atoms with E-state index in [4.69, 9.17) is 0 Å². The van der Waals surface area contributed by atoms with E-state index in [-0.39, 0.29) is 40.6 Å². The average molecular weight is 320 g/mol. The number of nitrogens with one attached hydrogen (secondary N) is 2. The van der Waals surface area contributed by atoms with Gasteiger partial charge in [-0.2, -0.15) is 24.3 Å². The first-order valence-corrected chi connectivity index (χ1v) is 6.53. The van der Waals surface area contributed by atoms with E-state index in [1.54, 1.807) is 19.9 Å². The number of aryl methyl sites for hydroxylation is 2. The van der Waals surface area contributed by atoms with E-state index in [1.807, 2.05) is 19.1 Å². The second-order valence-electron chi connectivity index (χ2n) is 4.83. The first-order chi connectivity index (χ1) is 10.0. The summed E-state index contributed by atoms with van der Waals surface area (Å²) in [6.07, 6.45) is 0. The molecule has 7 nitrogen and oxygen atoms in total. The molecule has 114 valence electrons. The summed E-state index contributed by atoms with van der Waals surface area (Å²) in [5.74, 6) is 0.729. The first-order valence-electron chi connectivity index (χ1n) is 6.53. The summed E-state index contributed by atoms with van der Waals surface area (Å²) in [5, 5.41) is 3.92. The van der Waals surface area contributed by atoms with Crippen LogP contribution in [0.2, 0.25) is 0 Å². The second kappa shape index (κ2) is 7.65. The number of fused-ring (bicyclic) bond motifs is 1. The van der Waals surface area contributed by atoms with Crippen molar-refractivity contribution >= 4 is 22.8 Å². The maximum atomic E-state index is 11.7. The molecule has 0 unspecified atom stereocenters. The van der Waals surface area contributed by atoms with E-state index in [1.165, 1.54) is 0 Å². The molecule has 8 heteroatoms. The van der Waals surface area contributed by atoms with Crippen molar-refractivity contribution in [2.75, 3.05) is 5.32 Å². The van der Waals surface area contributed by atoms with Crippen molar-refractivity contribution in [3.8, 4) is 0 Å². The van der Waals surface area contributed by atoms with Crippen LogP contribution in [0.25, 0.3) is 10.9 Å². The molecule has 0 radical (unpaired) electrons. The van der Waals surface area contributed by atoms with Crippen molar-refractivity contribution in [3.05, 3.63) is 51.6 Å². The standard InChI is InChI=1S/C15H14N5O.Na.H2O/c1-8-9(2)16-15(19-13(8)21)20-14-17-10(3)11-6-4-5-7-12(11)18-14;;/h4,6-7H,1-3H3,(H2,16,17,18,19,20,21);;1H2/q-1;+1;/p-1. The Morgan fingerprint density at radius 2 is 1.87 bits per heavy atom. The second-order valence-corrected chi connectivity index (χ2v) is 4.83. The number of hydrogen-bond acceptors (Lipinski definition) is 6. The normalized spacial score (nSPS) is 9.87. The molecule has 0 aliphatic heterocycles. The van der Waals surface area contributed by atoms with Gasteiger partial charge in [0.2, 0.25) is 11.9 Å². The SMILES string of the molecule is Cc1nc(Nc2nc(C)c3cc[c-]cc3n2)[nH]c(=O)c1C.[Na+].[OH-]. The van der Waals surface area contributed by atoms with Gasteiger partial charge in [0.1, 0.15) is 0 Å². The monoisotopic (exact) mass is 320 g/mol. The van der Waals surface area contributed by atoms with Crippen molar-refractivity contribution in [1.82, 2.24) is 19.9 Å². The number of H-pyrrole nitrogens is 1. The molecule has 0 bridgehead atoms. The molecule has 0 saturated carbocycles. The fourth-order valence-corrected chi connectivity index (χ4v) is 2.04. The predicted octanol–water partition coefficient (Wildman–Crippen LogP) is -0.991. The molecule has 0 saturated heterocycles. The van der Waals surface area contributed by atoms with Crippen LogP contribution in [0.1, 0.15) is 17.0 Å². The smallest absolute Gasteiger partial charge is 0.870 e. The van der Waals surface area contributed by atoms with Crippen molar-refractivity contribution < 1.29 is 35.0 Å². The molecular weight excluding hydrogens is 305 g/mol. The van der Waals surface area contributed by atoms with Crippen LogP contribution < -0.4 is 40.4 Å². The number of nitrogens with zero attached hydrogens (tertiary/aromatic N) is 3. The van der Waals surface area contributed by atoms with E-state index in [9.17, 15) is 4.79 Å². The van der Waals surface area contributed by atoms with Gasteiger partial charge in [-0.25, -0.2) is 9.97 Å². The zero-order valence-electron chi connectivity index (χ0n) is 13.4. The van der Waals surface area contributed by atoms with Gasteiger partial charge in [-0.15, -0.1) is 0 Å². The largest absolute Gasteiger partial charge is 1.00 e. The Kier molecular flexibility index (Phi) is 6.40. The molecule has 3 N–H and O–H groups in total. The third kappa shape index (κ3) is 3.94. The summed E-state index contributed by atoms with van der Waals surface area (Å²) in [6, 6.07) is 8.53. The molecule has 0 spiro atoms. The zero-order chi connectivity index (χ0) is 15.0. The molecule has 3 aromatic rings. The first kappa shape index (κ1) is 19.2. The van der Waals surface area contributed by atoms with Crippen LogP contribution in [0.5, 0.6) is 0 Å². The Morgan fingerprint density at radius 3 is 2.57 bits per heavy atom. The molecule has 0 aliphatic rings. The summed E-state index contributed by atoms with van der Waals surface area (Å²) in [4.78, 5) is 27.5. The molecule has 3 rings (SSSR count). The van der Waals surface area contributed by atoms with E-state index in [0.29, 0.717) is 23.2 Å². The minimum atomic E-state index is -0.171. The van der Waals surface area contributed by atoms with E-state index < -0.39 is 0 Å². The maximum absolute atomic E-state index is 11.7. The molecule has 2 aromatic heterocycles. The van der Waals surface area contributed by atoms with E-state index in [2.05, 4.69) is 31.3 Å². The van der Waals surface area contributed by atoms with Crippen LogP contribution in [0.3, 0.4) is 0 Å². The summed E-state index contributed by atoms with van der Waals surface area (Å²) >= 11 is 0. The van der Waals surface area contributed by atoms with Crippen molar-refractivity contribution in [1.29, 1.82) is 0 Å². The fourth-order valence-electron chi connectivity index (χ4n) is 2.04. The third-order valence-corrected chi connectivity index (χ3v) is 3.36. The Bertz CT molecular complexity index is 895. The summed E-state index contributed by atoms with van der Waals surface area (Å²) < 4.78 is 0. The molecule has 0 amide bonds. The minimum absolute atomic E-state index is 0. The van der Waals surface area contributed by atoms with Gasteiger partial charge in [-0.3, -0.25) is 20.1 Å². The summed E-state index contributed by atoms with van der Waals surface area (Å²) in [6.45, 7) is 5.43. The van der Waals surface area contributed by atoms with Crippen molar-refractivity contribution in [3.63, 3.8) is 0 Å². The fraction of sp³-hybridized carbons (Fsp3) is 0.200. The maximum Gasteiger partial charge on any atom is 1.00 e. The van der Waals surface area contributed by atoms with Gasteiger partial charge >= 0.3 is 29.6 Å². The third-order valence-electron chi connectivity index (χ3n) is 3.36. The van der Waals surface area contributed by atoms with Gasteiger partial charge in [0.15, 0.2) is 0 Å². The number of benzene rings is 1. The molecule has 2 heterocycles. The van der Waals surface area contributed by atoms with Crippen LogP contribution in [0.4, 0.5) is 11.9 Å². The van der Waals surface area contributed by atoms with E-state index in [0.717, 1.165) is 16.6 Å². The van der Waals surface area contributed by atoms with Crippen LogP contribution in [-0.4, -0.2) is 25.4 Å². The number of aromatic amines is 1. The van der Waals surface area contributed by atoms with Crippen LogP contribution >= 0.6 is 0 Å². The van der Waals surface area contributed by atoms with Crippen LogP contribution in [-0.2, 0) is 0 Å². The van der Waals surface area contributed by atoms with Gasteiger partial charge in [-0.1, -0.05) is 5.39 Å². The quantitative estimate of drug-likeness (QED) is 0.463. The Balaban J connectivity index is 0.00000132. The average Bonchev–Trinajstić information content (AvgIpc) is 2.45. The molecule has 1 aromatic carbocycles. The topological polar surface area (TPSA) is 114 Å². The number of hydrogen-bond donors (Lipinski definition) is 2. The Morgan fingerprint density at radius 1 is 1.13 bits per heavy atom. The van der Waals surface area contributed by atoms with Gasteiger partial charge in [0.25, 0.3) is 5.56 Å². The predicted molar refractivity (Wildman–Crippen MR) is 82.7 cm³/mol. The molecule has 0 fully saturated rings. The Hall–Kier alpha value is -1.80. The van der Waals surface area contributed by atoms with Gasteiger partial charge < -0.3 is 5.48 Å². The van der Waals surface area contributed by atoms with Crippen molar-refractivity contribution in [2.24, 2.45) is 0 Å². The minimum Gasteiger partial charge on any atom is -0.870 e. The van der Waals surface area contributed by atoms with Gasteiger partial charge in [-0.05, 0) is 26.3 Å². The zero-order valence-corrected chi connectivity index (χ0v) is 15.4. The van der Waals surface area contributed by atoms with E-state index >= 15 is 0 Å². The van der Waals surface area contributed by atoms with Crippen molar-refractivity contribution in [2.45, 2.75) is 20.8 Å². The van der Waals surface area contributed by atoms with Gasteiger partial charge in [0.05, 0.1) is 0 Å². The summed E-state index contributed by atoms with van der Waals surface area (Å²) in [5.41, 5.74) is 2.75. The Labute approximate surface area is 155 Å². The molecule has 0 atom stereocenters. The molecular formula is C15H15N5NaO2-. The number of anilines is 2. The number of rotatable bonds is 2. The molecule has 23 heavy (non-hydrogen) atoms. The van der Waals surface area contributed by atoms with Gasteiger partial charge in [0, 0.05) is 17.0 Å². The number of aromatic nitrogens is 4. The summed E-state index contributed by atoms with van der Waals surface area (Å²) in [7, 11) is 0.